The van der Waals surface area contributed by atoms with E-state index in [0.29, 0.717) is 52.1 Å². The number of hydrogen-bond acceptors (Lipinski definition) is 7. The van der Waals surface area contributed by atoms with E-state index < -0.39 is 6.04 Å². The molecular formula is C28H32BrClN4O3S. The molecule has 0 radical (unpaired) electrons. The first-order valence-electron chi connectivity index (χ1n) is 12.8. The third-order valence-electron chi connectivity index (χ3n) is 6.12. The topological polar surface area (TPSA) is 78.3 Å². The zero-order valence-corrected chi connectivity index (χ0v) is 25.0. The van der Waals surface area contributed by atoms with Crippen LogP contribution in [0.2, 0.25) is 5.02 Å². The van der Waals surface area contributed by atoms with E-state index in [4.69, 9.17) is 31.2 Å². The molecule has 3 aromatic rings. The Kier molecular flexibility index (Phi) is 10.2. The fourth-order valence-electron chi connectivity index (χ4n) is 4.08. The third kappa shape index (κ3) is 6.74. The molecule has 1 unspecified atom stereocenters. The Morgan fingerprint density at radius 3 is 2.68 bits per heavy atom. The van der Waals surface area contributed by atoms with Crippen LogP contribution >= 0.6 is 39.3 Å². The number of rotatable bonds is 12. The van der Waals surface area contributed by atoms with Crippen molar-refractivity contribution < 1.29 is 14.3 Å². The van der Waals surface area contributed by atoms with Crippen molar-refractivity contribution in [1.29, 1.82) is 0 Å². The van der Waals surface area contributed by atoms with Crippen LogP contribution in [0.4, 0.5) is 5.95 Å². The average Bonchev–Trinajstić information content (AvgIpc) is 3.30. The number of unbranched alkanes of at least 4 members (excludes halogenated alkanes) is 2. The molecule has 2 aromatic carbocycles. The van der Waals surface area contributed by atoms with Gasteiger partial charge in [0, 0.05) is 26.5 Å². The molecule has 1 aliphatic heterocycles. The van der Waals surface area contributed by atoms with Gasteiger partial charge in [-0.2, -0.15) is 4.98 Å². The Bertz CT molecular complexity index is 1310. The van der Waals surface area contributed by atoms with Crippen molar-refractivity contribution in [1.82, 2.24) is 14.8 Å². The lowest BCUT2D eigenvalue weighted by Gasteiger charge is -2.29. The summed E-state index contributed by atoms with van der Waals surface area (Å²) in [5.41, 5.74) is 2.98. The number of hydrogen-bond donors (Lipinski definition) is 1. The summed E-state index contributed by atoms with van der Waals surface area (Å²) in [7, 11) is 0. The normalized spacial score (nSPS) is 14.7. The Hall–Kier alpha value is -2.49. The number of nitrogens with one attached hydrogen (secondary N) is 1. The van der Waals surface area contributed by atoms with Crippen molar-refractivity contribution in [2.45, 2.75) is 63.4 Å². The van der Waals surface area contributed by atoms with Gasteiger partial charge in [-0.1, -0.05) is 84.2 Å². The van der Waals surface area contributed by atoms with Crippen LogP contribution in [0.15, 0.2) is 63.4 Å². The number of halogens is 2. The quantitative estimate of drug-likeness (QED) is 0.126. The van der Waals surface area contributed by atoms with Crippen LogP contribution in [0.1, 0.15) is 63.6 Å². The van der Waals surface area contributed by atoms with E-state index in [1.807, 2.05) is 49.4 Å². The molecule has 10 heteroatoms. The molecule has 38 heavy (non-hydrogen) atoms. The predicted octanol–water partition coefficient (Wildman–Crippen LogP) is 7.80. The number of thioether (sulfide) groups is 1. The van der Waals surface area contributed by atoms with Gasteiger partial charge in [0.25, 0.3) is 0 Å². The molecular weight excluding hydrogens is 588 g/mol. The predicted molar refractivity (Wildman–Crippen MR) is 156 cm³/mol. The Labute approximate surface area is 241 Å². The van der Waals surface area contributed by atoms with Crippen LogP contribution in [0.25, 0.3) is 0 Å². The lowest BCUT2D eigenvalue weighted by atomic mass is 9.95. The average molecular weight is 620 g/mol. The smallest absolute Gasteiger partial charge is 0.338 e. The summed E-state index contributed by atoms with van der Waals surface area (Å²) in [4.78, 5) is 18.2. The number of carbonyl (C=O) groups excluding carboxylic acids is 1. The monoisotopic (exact) mass is 618 g/mol. The van der Waals surface area contributed by atoms with Gasteiger partial charge in [0.2, 0.25) is 11.1 Å². The Morgan fingerprint density at radius 1 is 1.16 bits per heavy atom. The molecule has 1 atom stereocenters. The van der Waals surface area contributed by atoms with Crippen molar-refractivity contribution in [2.24, 2.45) is 0 Å². The number of benzene rings is 2. The fourth-order valence-corrected chi connectivity index (χ4v) is 5.57. The molecule has 0 saturated heterocycles. The first kappa shape index (κ1) is 28.5. The summed E-state index contributed by atoms with van der Waals surface area (Å²) in [5.74, 6) is 1.50. The number of ether oxygens (including phenoxy) is 2. The first-order chi connectivity index (χ1) is 18.4. The van der Waals surface area contributed by atoms with Crippen molar-refractivity contribution in [3.05, 3.63) is 74.4 Å². The van der Waals surface area contributed by atoms with E-state index in [1.165, 1.54) is 11.8 Å². The highest BCUT2D eigenvalue weighted by Crippen LogP contribution is 2.41. The van der Waals surface area contributed by atoms with Crippen LogP contribution < -0.4 is 10.1 Å². The van der Waals surface area contributed by atoms with Gasteiger partial charge >= 0.3 is 5.97 Å². The van der Waals surface area contributed by atoms with E-state index in [1.54, 1.807) is 4.68 Å². The molecule has 1 N–H and O–H groups in total. The van der Waals surface area contributed by atoms with Gasteiger partial charge in [-0.15, -0.1) is 5.10 Å². The molecule has 0 bridgehead atoms. The molecule has 202 valence electrons. The van der Waals surface area contributed by atoms with Crippen molar-refractivity contribution in [3.8, 4) is 5.75 Å². The van der Waals surface area contributed by atoms with E-state index in [2.05, 4.69) is 35.1 Å². The Balaban J connectivity index is 1.73. The molecule has 0 saturated carbocycles. The van der Waals surface area contributed by atoms with Crippen molar-refractivity contribution in [2.75, 3.05) is 18.5 Å². The van der Waals surface area contributed by atoms with Crippen LogP contribution in [-0.2, 0) is 15.3 Å². The van der Waals surface area contributed by atoms with Crippen LogP contribution in [0.5, 0.6) is 5.75 Å². The minimum atomic E-state index is -0.573. The third-order valence-corrected chi connectivity index (χ3v) is 7.87. The molecule has 7 nitrogen and oxygen atoms in total. The van der Waals surface area contributed by atoms with Gasteiger partial charge in [-0.05, 0) is 49.6 Å². The molecule has 1 aromatic heterocycles. The fraction of sp³-hybridized carbons (Fsp3) is 0.393. The summed E-state index contributed by atoms with van der Waals surface area (Å²) < 4.78 is 14.5. The van der Waals surface area contributed by atoms with E-state index in [9.17, 15) is 4.79 Å². The molecule has 4 rings (SSSR count). The second kappa shape index (κ2) is 13.5. The van der Waals surface area contributed by atoms with Gasteiger partial charge in [-0.25, -0.2) is 9.48 Å². The first-order valence-corrected chi connectivity index (χ1v) is 15.0. The molecule has 0 amide bonds. The Morgan fingerprint density at radius 2 is 1.92 bits per heavy atom. The summed E-state index contributed by atoms with van der Waals surface area (Å²) in [6, 6.07) is 13.0. The molecule has 0 spiro atoms. The summed E-state index contributed by atoms with van der Waals surface area (Å²) >= 11 is 11.4. The zero-order valence-electron chi connectivity index (χ0n) is 21.8. The molecule has 1 aliphatic rings. The zero-order chi connectivity index (χ0) is 27.1. The van der Waals surface area contributed by atoms with E-state index in [-0.39, 0.29) is 5.97 Å². The van der Waals surface area contributed by atoms with Gasteiger partial charge < -0.3 is 14.8 Å². The van der Waals surface area contributed by atoms with Gasteiger partial charge in [0.15, 0.2) is 0 Å². The number of anilines is 1. The number of esters is 1. The largest absolute Gasteiger partial charge is 0.493 e. The number of aromatic nitrogens is 3. The standard InChI is InChI=1S/C28H32BrClN4O3S/c1-4-6-14-36-23-13-12-20(29)16-21(23)25-24(26(35)37-15-7-5-2)18(3)31-27-32-28(33-34(25)27)38-17-19-10-8-9-11-22(19)30/h8-13,16,25H,4-7,14-15,17H2,1-3H3,(H,31,32,33). The maximum Gasteiger partial charge on any atom is 0.338 e. The SMILES string of the molecule is CCCCOC(=O)C1=C(C)Nc2nc(SCc3ccccc3Cl)nn2C1c1cc(Br)ccc1OCCCC. The lowest BCUT2D eigenvalue weighted by Crippen LogP contribution is -2.30. The second-order valence-electron chi connectivity index (χ2n) is 8.98. The molecule has 0 fully saturated rings. The molecule has 0 aliphatic carbocycles. The summed E-state index contributed by atoms with van der Waals surface area (Å²) in [6.45, 7) is 7.00. The number of fused-ring (bicyclic) bond motifs is 1. The van der Waals surface area contributed by atoms with Gasteiger partial charge in [0.05, 0.1) is 18.8 Å². The van der Waals surface area contributed by atoms with Crippen molar-refractivity contribution in [3.63, 3.8) is 0 Å². The highest BCUT2D eigenvalue weighted by Gasteiger charge is 2.37. The van der Waals surface area contributed by atoms with Gasteiger partial charge in [-0.3, -0.25) is 0 Å². The summed E-state index contributed by atoms with van der Waals surface area (Å²) in [6.07, 6.45) is 3.69. The molecule has 2 heterocycles. The summed E-state index contributed by atoms with van der Waals surface area (Å²) in [5, 5.41) is 9.39. The minimum Gasteiger partial charge on any atom is -0.493 e. The number of nitrogens with zero attached hydrogens (tertiary/aromatic N) is 3. The van der Waals surface area contributed by atoms with Gasteiger partial charge in [0.1, 0.15) is 11.8 Å². The van der Waals surface area contributed by atoms with Crippen LogP contribution in [-0.4, -0.2) is 33.9 Å². The van der Waals surface area contributed by atoms with Crippen LogP contribution in [0, 0.1) is 0 Å². The minimum absolute atomic E-state index is 0.361. The van der Waals surface area contributed by atoms with Crippen LogP contribution in [0.3, 0.4) is 0 Å². The second-order valence-corrected chi connectivity index (χ2v) is 11.2. The highest BCUT2D eigenvalue weighted by atomic mass is 79.9. The maximum atomic E-state index is 13.4. The highest BCUT2D eigenvalue weighted by molar-refractivity contribution is 9.10. The van der Waals surface area contributed by atoms with E-state index >= 15 is 0 Å². The maximum absolute atomic E-state index is 13.4. The van der Waals surface area contributed by atoms with Crippen molar-refractivity contribution >= 4 is 51.2 Å². The van der Waals surface area contributed by atoms with E-state index in [0.717, 1.165) is 41.3 Å². The number of carbonyl (C=O) groups is 1. The number of allylic oxidation sites excluding steroid dienone is 1. The lowest BCUT2D eigenvalue weighted by molar-refractivity contribution is -0.139.